The molecule has 0 fully saturated rings. The van der Waals surface area contributed by atoms with Crippen LogP contribution in [0.25, 0.3) is 0 Å². The standard InChI is InChI=1S/C32H66/c1-4-7-9-11-13-15-17-19-21-23-25-27-29-31-32(6-3)30-28-26-24-22-20-18-16-14-12-10-8-5-2/h32H,4-31H2,1-3H3. The molecule has 0 spiro atoms. The predicted molar refractivity (Wildman–Crippen MR) is 150 cm³/mol. The van der Waals surface area contributed by atoms with Gasteiger partial charge >= 0.3 is 0 Å². The van der Waals surface area contributed by atoms with Gasteiger partial charge in [0.2, 0.25) is 0 Å². The predicted octanol–water partition coefficient (Wildman–Crippen LogP) is 12.6. The quantitative estimate of drug-likeness (QED) is 0.104. The molecule has 0 aromatic rings. The summed E-state index contributed by atoms with van der Waals surface area (Å²) >= 11 is 0. The Kier molecular flexibility index (Phi) is 29.0. The van der Waals surface area contributed by atoms with E-state index in [0.29, 0.717) is 0 Å². The van der Waals surface area contributed by atoms with E-state index in [2.05, 4.69) is 20.8 Å². The Labute approximate surface area is 206 Å². The fourth-order valence-corrected chi connectivity index (χ4v) is 5.28. The van der Waals surface area contributed by atoms with Gasteiger partial charge in [-0.05, 0) is 5.92 Å². The van der Waals surface area contributed by atoms with E-state index < -0.39 is 0 Å². The molecular weight excluding hydrogens is 384 g/mol. The highest BCUT2D eigenvalue weighted by Crippen LogP contribution is 2.22. The molecule has 0 bridgehead atoms. The molecular formula is C32H66. The van der Waals surface area contributed by atoms with Crippen molar-refractivity contribution >= 4 is 0 Å². The maximum Gasteiger partial charge on any atom is -0.0417 e. The van der Waals surface area contributed by atoms with Crippen molar-refractivity contribution in [2.75, 3.05) is 0 Å². The van der Waals surface area contributed by atoms with E-state index in [-0.39, 0.29) is 0 Å². The molecule has 1 atom stereocenters. The molecule has 0 rings (SSSR count). The van der Waals surface area contributed by atoms with Gasteiger partial charge in [-0.1, -0.05) is 201 Å². The fraction of sp³-hybridized carbons (Fsp3) is 1.00. The van der Waals surface area contributed by atoms with Crippen molar-refractivity contribution in [3.8, 4) is 0 Å². The van der Waals surface area contributed by atoms with E-state index in [4.69, 9.17) is 0 Å². The molecule has 0 aliphatic rings. The molecule has 1 unspecified atom stereocenters. The topological polar surface area (TPSA) is 0 Å². The SMILES string of the molecule is CCCCCCCCCCCCCCCC(CC)CCCCCCCCCCCCCC. The number of hydrogen-bond donors (Lipinski definition) is 0. The lowest BCUT2D eigenvalue weighted by atomic mass is 9.92. The zero-order valence-electron chi connectivity index (χ0n) is 23.4. The zero-order chi connectivity index (χ0) is 23.4. The second-order valence-corrected chi connectivity index (χ2v) is 11.0. The first-order valence-corrected chi connectivity index (χ1v) is 15.8. The van der Waals surface area contributed by atoms with Crippen LogP contribution in [-0.4, -0.2) is 0 Å². The van der Waals surface area contributed by atoms with Gasteiger partial charge < -0.3 is 0 Å². The number of unbranched alkanes of at least 4 members (excludes halogenated alkanes) is 23. The molecule has 0 heteroatoms. The highest BCUT2D eigenvalue weighted by molar-refractivity contribution is 4.59. The van der Waals surface area contributed by atoms with Crippen molar-refractivity contribution in [1.82, 2.24) is 0 Å². The average molecular weight is 451 g/mol. The van der Waals surface area contributed by atoms with Crippen molar-refractivity contribution < 1.29 is 0 Å². The third-order valence-corrected chi connectivity index (χ3v) is 7.76. The zero-order valence-corrected chi connectivity index (χ0v) is 23.4. The Balaban J connectivity index is 3.26. The first-order valence-electron chi connectivity index (χ1n) is 15.8. The van der Waals surface area contributed by atoms with Crippen molar-refractivity contribution in [3.05, 3.63) is 0 Å². The fourth-order valence-electron chi connectivity index (χ4n) is 5.28. The van der Waals surface area contributed by atoms with E-state index in [9.17, 15) is 0 Å². The minimum absolute atomic E-state index is 1.02. The molecule has 194 valence electrons. The molecule has 0 aromatic carbocycles. The monoisotopic (exact) mass is 451 g/mol. The molecule has 0 aliphatic heterocycles. The van der Waals surface area contributed by atoms with Crippen LogP contribution in [0.3, 0.4) is 0 Å². The van der Waals surface area contributed by atoms with Crippen LogP contribution in [0.4, 0.5) is 0 Å². The minimum Gasteiger partial charge on any atom is -0.0654 e. The van der Waals surface area contributed by atoms with Crippen LogP contribution in [0.1, 0.15) is 201 Å². The second-order valence-electron chi connectivity index (χ2n) is 11.0. The summed E-state index contributed by atoms with van der Waals surface area (Å²) in [5, 5.41) is 0. The minimum atomic E-state index is 1.02. The number of rotatable bonds is 28. The molecule has 0 radical (unpaired) electrons. The van der Waals surface area contributed by atoms with Crippen LogP contribution < -0.4 is 0 Å². The molecule has 0 heterocycles. The van der Waals surface area contributed by atoms with Gasteiger partial charge in [-0.2, -0.15) is 0 Å². The smallest absolute Gasteiger partial charge is 0.0417 e. The summed E-state index contributed by atoms with van der Waals surface area (Å²) in [6.45, 7) is 7.04. The normalized spacial score (nSPS) is 12.5. The summed E-state index contributed by atoms with van der Waals surface area (Å²) in [6, 6.07) is 0. The Hall–Kier alpha value is 0. The third-order valence-electron chi connectivity index (χ3n) is 7.76. The maximum atomic E-state index is 2.42. The largest absolute Gasteiger partial charge is 0.0654 e. The Morgan fingerprint density at radius 1 is 0.281 bits per heavy atom. The van der Waals surface area contributed by atoms with E-state index in [1.807, 2.05) is 0 Å². The molecule has 0 amide bonds. The Morgan fingerprint density at radius 3 is 0.719 bits per heavy atom. The summed E-state index contributed by atoms with van der Waals surface area (Å²) in [6.07, 6.45) is 41.3. The molecule has 0 aliphatic carbocycles. The first-order chi connectivity index (χ1) is 15.8. The molecule has 0 aromatic heterocycles. The van der Waals surface area contributed by atoms with Gasteiger partial charge in [-0.3, -0.25) is 0 Å². The van der Waals surface area contributed by atoms with Gasteiger partial charge in [-0.25, -0.2) is 0 Å². The lowest BCUT2D eigenvalue weighted by Gasteiger charge is -2.14. The van der Waals surface area contributed by atoms with Crippen molar-refractivity contribution in [2.24, 2.45) is 5.92 Å². The van der Waals surface area contributed by atoms with Gasteiger partial charge in [0.25, 0.3) is 0 Å². The molecule has 0 N–H and O–H groups in total. The van der Waals surface area contributed by atoms with Gasteiger partial charge in [0.05, 0.1) is 0 Å². The van der Waals surface area contributed by atoms with E-state index in [0.717, 1.165) is 5.92 Å². The third kappa shape index (κ3) is 26.3. The van der Waals surface area contributed by atoms with Crippen molar-refractivity contribution in [3.63, 3.8) is 0 Å². The van der Waals surface area contributed by atoms with Crippen LogP contribution in [0.5, 0.6) is 0 Å². The summed E-state index contributed by atoms with van der Waals surface area (Å²) in [5.74, 6) is 1.02. The first kappa shape index (κ1) is 32.0. The lowest BCUT2D eigenvalue weighted by Crippen LogP contribution is -1.99. The Morgan fingerprint density at radius 2 is 0.500 bits per heavy atom. The van der Waals surface area contributed by atoms with Crippen LogP contribution in [0, 0.1) is 5.92 Å². The van der Waals surface area contributed by atoms with E-state index in [1.165, 1.54) is 180 Å². The van der Waals surface area contributed by atoms with E-state index in [1.54, 1.807) is 0 Å². The molecule has 32 heavy (non-hydrogen) atoms. The summed E-state index contributed by atoms with van der Waals surface area (Å²) in [7, 11) is 0. The maximum absolute atomic E-state index is 2.42. The van der Waals surface area contributed by atoms with Crippen LogP contribution in [0.2, 0.25) is 0 Å². The summed E-state index contributed by atoms with van der Waals surface area (Å²) in [4.78, 5) is 0. The molecule has 0 saturated carbocycles. The molecule has 0 nitrogen and oxygen atoms in total. The summed E-state index contributed by atoms with van der Waals surface area (Å²) < 4.78 is 0. The van der Waals surface area contributed by atoms with Crippen LogP contribution in [-0.2, 0) is 0 Å². The molecule has 0 saturated heterocycles. The van der Waals surface area contributed by atoms with Crippen LogP contribution in [0.15, 0.2) is 0 Å². The highest BCUT2D eigenvalue weighted by atomic mass is 14.1. The van der Waals surface area contributed by atoms with Gasteiger partial charge in [0.1, 0.15) is 0 Å². The van der Waals surface area contributed by atoms with Gasteiger partial charge in [-0.15, -0.1) is 0 Å². The van der Waals surface area contributed by atoms with Crippen LogP contribution >= 0.6 is 0 Å². The van der Waals surface area contributed by atoms with Crippen molar-refractivity contribution in [2.45, 2.75) is 201 Å². The lowest BCUT2D eigenvalue weighted by molar-refractivity contribution is 0.392. The van der Waals surface area contributed by atoms with Gasteiger partial charge in [0, 0.05) is 0 Å². The van der Waals surface area contributed by atoms with Crippen molar-refractivity contribution in [1.29, 1.82) is 0 Å². The average Bonchev–Trinajstić information content (AvgIpc) is 2.81. The van der Waals surface area contributed by atoms with E-state index >= 15 is 0 Å². The second kappa shape index (κ2) is 29.0. The highest BCUT2D eigenvalue weighted by Gasteiger charge is 2.06. The Bertz CT molecular complexity index is 307. The number of hydrogen-bond acceptors (Lipinski definition) is 0. The van der Waals surface area contributed by atoms with Gasteiger partial charge in [0.15, 0.2) is 0 Å². The summed E-state index contributed by atoms with van der Waals surface area (Å²) in [5.41, 5.74) is 0.